The highest BCUT2D eigenvalue weighted by molar-refractivity contribution is 4.72. The molecule has 2 heterocycles. The first-order chi connectivity index (χ1) is 11.3. The molecule has 2 aliphatic rings. The molecule has 7 heteroatoms. The number of aliphatic hydroxyl groups is 1. The number of hydrogen-bond acceptors (Lipinski definition) is 7. The van der Waals surface area contributed by atoms with Gasteiger partial charge in [-0.3, -0.25) is 4.90 Å². The van der Waals surface area contributed by atoms with Gasteiger partial charge in [0.05, 0.1) is 6.10 Å². The summed E-state index contributed by atoms with van der Waals surface area (Å²) in [5.41, 5.74) is 0. The second-order valence-electron chi connectivity index (χ2n) is 6.58. The van der Waals surface area contributed by atoms with Gasteiger partial charge in [0.25, 0.3) is 0 Å². The maximum atomic E-state index is 10.4. The summed E-state index contributed by atoms with van der Waals surface area (Å²) in [6.45, 7) is 14.2. The molecular formula is C16H36N6O. The molecule has 0 aromatic rings. The number of nitrogens with zero attached hydrogens (tertiary/aromatic N) is 2. The van der Waals surface area contributed by atoms with Crippen molar-refractivity contribution in [3.8, 4) is 0 Å². The molecule has 0 aromatic heterocycles. The standard InChI is InChI=1S/C16H36N6O/c23-16(15-22-13-8-19-4-5-20-9-14-22)1-10-21-11-6-17-2-3-18-7-12-21/h16-20,23H,1-15H2/t16-/m0/s1. The van der Waals surface area contributed by atoms with E-state index in [4.69, 9.17) is 0 Å². The van der Waals surface area contributed by atoms with E-state index in [0.717, 1.165) is 98.0 Å². The Balaban J connectivity index is 1.64. The monoisotopic (exact) mass is 328 g/mol. The van der Waals surface area contributed by atoms with E-state index in [2.05, 4.69) is 31.1 Å². The van der Waals surface area contributed by atoms with Crippen LogP contribution in [0.25, 0.3) is 0 Å². The molecular weight excluding hydrogens is 292 g/mol. The van der Waals surface area contributed by atoms with Crippen LogP contribution in [0.4, 0.5) is 0 Å². The van der Waals surface area contributed by atoms with Crippen molar-refractivity contribution in [2.45, 2.75) is 12.5 Å². The lowest BCUT2D eigenvalue weighted by atomic mass is 10.2. The molecule has 2 saturated heterocycles. The van der Waals surface area contributed by atoms with E-state index in [1.807, 2.05) is 0 Å². The number of aliphatic hydroxyl groups excluding tert-OH is 1. The van der Waals surface area contributed by atoms with Crippen LogP contribution in [-0.2, 0) is 0 Å². The number of rotatable bonds is 5. The summed E-state index contributed by atoms with van der Waals surface area (Å²) in [4.78, 5) is 4.83. The van der Waals surface area contributed by atoms with Gasteiger partial charge in [0.1, 0.15) is 0 Å². The molecule has 23 heavy (non-hydrogen) atoms. The Hall–Kier alpha value is -0.280. The zero-order chi connectivity index (χ0) is 16.2. The minimum Gasteiger partial charge on any atom is -0.392 e. The van der Waals surface area contributed by atoms with Crippen molar-refractivity contribution in [1.82, 2.24) is 31.1 Å². The van der Waals surface area contributed by atoms with Crippen molar-refractivity contribution < 1.29 is 5.11 Å². The Morgan fingerprint density at radius 3 is 1.57 bits per heavy atom. The zero-order valence-electron chi connectivity index (χ0n) is 14.5. The molecule has 0 unspecified atom stereocenters. The molecule has 136 valence electrons. The minimum atomic E-state index is -0.232. The Bertz CT molecular complexity index is 274. The molecule has 2 rings (SSSR count). The Labute approximate surface area is 141 Å². The van der Waals surface area contributed by atoms with Gasteiger partial charge in [0, 0.05) is 91.6 Å². The number of β-amino-alcohol motifs (C(OH)–C–C–N with tert-alkyl or cyclic N) is 1. The first kappa shape index (κ1) is 19.1. The largest absolute Gasteiger partial charge is 0.392 e. The average Bonchev–Trinajstić information content (AvgIpc) is 2.76. The Kier molecular flexibility index (Phi) is 10.1. The number of nitrogens with one attached hydrogen (secondary N) is 4. The molecule has 0 spiro atoms. The summed E-state index contributed by atoms with van der Waals surface area (Å²) in [6, 6.07) is 0. The fourth-order valence-corrected chi connectivity index (χ4v) is 3.15. The maximum Gasteiger partial charge on any atom is 0.0679 e. The summed E-state index contributed by atoms with van der Waals surface area (Å²) >= 11 is 0. The quantitative estimate of drug-likeness (QED) is 0.390. The molecule has 0 aliphatic carbocycles. The third-order valence-corrected chi connectivity index (χ3v) is 4.62. The highest BCUT2D eigenvalue weighted by Gasteiger charge is 2.14. The second kappa shape index (κ2) is 12.1. The predicted molar refractivity (Wildman–Crippen MR) is 95.0 cm³/mol. The highest BCUT2D eigenvalue weighted by Crippen LogP contribution is 2.00. The molecule has 1 atom stereocenters. The van der Waals surface area contributed by atoms with Gasteiger partial charge in [-0.05, 0) is 6.42 Å². The molecule has 0 radical (unpaired) electrons. The van der Waals surface area contributed by atoms with E-state index in [0.29, 0.717) is 0 Å². The number of hydrogen-bond donors (Lipinski definition) is 5. The van der Waals surface area contributed by atoms with Crippen molar-refractivity contribution in [3.05, 3.63) is 0 Å². The van der Waals surface area contributed by atoms with Crippen LogP contribution < -0.4 is 21.3 Å². The maximum absolute atomic E-state index is 10.4. The van der Waals surface area contributed by atoms with Crippen LogP contribution in [0.5, 0.6) is 0 Å². The van der Waals surface area contributed by atoms with Crippen molar-refractivity contribution in [3.63, 3.8) is 0 Å². The van der Waals surface area contributed by atoms with Crippen LogP contribution in [0.15, 0.2) is 0 Å². The normalized spacial score (nSPS) is 25.4. The molecule has 0 bridgehead atoms. The van der Waals surface area contributed by atoms with Gasteiger partial charge in [0.15, 0.2) is 0 Å². The van der Waals surface area contributed by atoms with Crippen molar-refractivity contribution in [1.29, 1.82) is 0 Å². The lowest BCUT2D eigenvalue weighted by molar-refractivity contribution is 0.0945. The molecule has 0 saturated carbocycles. The molecule has 0 aromatic carbocycles. The fourth-order valence-electron chi connectivity index (χ4n) is 3.15. The van der Waals surface area contributed by atoms with Gasteiger partial charge >= 0.3 is 0 Å². The van der Waals surface area contributed by atoms with E-state index < -0.39 is 0 Å². The van der Waals surface area contributed by atoms with Gasteiger partial charge in [0.2, 0.25) is 0 Å². The lowest BCUT2D eigenvalue weighted by Crippen LogP contribution is -2.41. The summed E-state index contributed by atoms with van der Waals surface area (Å²) < 4.78 is 0. The summed E-state index contributed by atoms with van der Waals surface area (Å²) in [5.74, 6) is 0. The van der Waals surface area contributed by atoms with E-state index in [9.17, 15) is 5.11 Å². The zero-order valence-corrected chi connectivity index (χ0v) is 14.5. The summed E-state index contributed by atoms with van der Waals surface area (Å²) in [6.07, 6.45) is 0.626. The summed E-state index contributed by atoms with van der Waals surface area (Å²) in [7, 11) is 0. The summed E-state index contributed by atoms with van der Waals surface area (Å²) in [5, 5.41) is 24.1. The van der Waals surface area contributed by atoms with E-state index in [-0.39, 0.29) is 6.10 Å². The van der Waals surface area contributed by atoms with Crippen LogP contribution in [0, 0.1) is 0 Å². The van der Waals surface area contributed by atoms with Gasteiger partial charge in [-0.2, -0.15) is 0 Å². The first-order valence-electron chi connectivity index (χ1n) is 9.30. The fraction of sp³-hybridized carbons (Fsp3) is 1.00. The molecule has 0 amide bonds. The van der Waals surface area contributed by atoms with E-state index in [1.165, 1.54) is 0 Å². The third kappa shape index (κ3) is 8.95. The van der Waals surface area contributed by atoms with Crippen molar-refractivity contribution >= 4 is 0 Å². The van der Waals surface area contributed by atoms with Crippen LogP contribution in [0.3, 0.4) is 0 Å². The SMILES string of the molecule is O[C@@H](CCN1CCNCCNCC1)CN1CCNCCNCC1. The van der Waals surface area contributed by atoms with Crippen LogP contribution in [0.1, 0.15) is 6.42 Å². The Morgan fingerprint density at radius 1 is 0.652 bits per heavy atom. The molecule has 2 aliphatic heterocycles. The highest BCUT2D eigenvalue weighted by atomic mass is 16.3. The second-order valence-corrected chi connectivity index (χ2v) is 6.58. The molecule has 2 fully saturated rings. The molecule has 5 N–H and O–H groups in total. The smallest absolute Gasteiger partial charge is 0.0679 e. The van der Waals surface area contributed by atoms with Gasteiger partial charge in [-0.1, -0.05) is 0 Å². The van der Waals surface area contributed by atoms with Gasteiger partial charge in [-0.25, -0.2) is 0 Å². The van der Waals surface area contributed by atoms with Crippen LogP contribution in [-0.4, -0.2) is 113 Å². The predicted octanol–water partition coefficient (Wildman–Crippen LogP) is -2.27. The Morgan fingerprint density at radius 2 is 1.09 bits per heavy atom. The van der Waals surface area contributed by atoms with Gasteiger partial charge < -0.3 is 31.3 Å². The minimum absolute atomic E-state index is 0.232. The molecule has 7 nitrogen and oxygen atoms in total. The van der Waals surface area contributed by atoms with E-state index >= 15 is 0 Å². The topological polar surface area (TPSA) is 74.8 Å². The average molecular weight is 329 g/mol. The van der Waals surface area contributed by atoms with Crippen molar-refractivity contribution in [2.24, 2.45) is 0 Å². The third-order valence-electron chi connectivity index (χ3n) is 4.62. The van der Waals surface area contributed by atoms with Crippen LogP contribution >= 0.6 is 0 Å². The first-order valence-corrected chi connectivity index (χ1v) is 9.30. The van der Waals surface area contributed by atoms with Crippen molar-refractivity contribution in [2.75, 3.05) is 91.6 Å². The van der Waals surface area contributed by atoms with Crippen LogP contribution in [0.2, 0.25) is 0 Å². The lowest BCUT2D eigenvalue weighted by Gasteiger charge is -2.27. The van der Waals surface area contributed by atoms with E-state index in [1.54, 1.807) is 0 Å². The van der Waals surface area contributed by atoms with Gasteiger partial charge in [-0.15, -0.1) is 0 Å².